The molecule has 0 fully saturated rings. The van der Waals surface area contributed by atoms with Crippen molar-refractivity contribution in [2.75, 3.05) is 0 Å². The number of carbonyl (C=O) groups excluding carboxylic acids is 2. The van der Waals surface area contributed by atoms with E-state index in [0.29, 0.717) is 0 Å². The molecule has 3 nitrogen and oxygen atoms in total. The van der Waals surface area contributed by atoms with Gasteiger partial charge in [-0.05, 0) is 0 Å². The van der Waals surface area contributed by atoms with Crippen LogP contribution in [0.15, 0.2) is 0 Å². The summed E-state index contributed by atoms with van der Waals surface area (Å²) in [4.78, 5) is 22.2. The van der Waals surface area contributed by atoms with Gasteiger partial charge in [0.1, 0.15) is 0 Å². The Morgan fingerprint density at radius 3 is 1.33 bits per heavy atom. The fourth-order valence-electron chi connectivity index (χ4n) is 0.578. The molecule has 0 amide bonds. The molecule has 0 N–H and O–H groups in total. The molecule has 0 aliphatic heterocycles. The molecule has 0 aliphatic carbocycles. The fraction of sp³-hybridized carbons (Fsp3) is 0.750. The monoisotopic (exact) mass is 189 g/mol. The SMILES string of the molecule is CC(C)C(=O)[P+](=O)C(=O)C(C)C. The first kappa shape index (κ1) is 11.4. The molecule has 0 aromatic rings. The van der Waals surface area contributed by atoms with E-state index in [2.05, 4.69) is 0 Å². The summed E-state index contributed by atoms with van der Waals surface area (Å²) < 4.78 is 11.2. The zero-order valence-electron chi connectivity index (χ0n) is 7.83. The van der Waals surface area contributed by atoms with Crippen LogP contribution in [0.25, 0.3) is 0 Å². The number of carbonyl (C=O) groups is 2. The second kappa shape index (κ2) is 4.46. The van der Waals surface area contributed by atoms with E-state index in [1.54, 1.807) is 27.7 Å². The predicted octanol–water partition coefficient (Wildman–Crippen LogP) is 2.18. The van der Waals surface area contributed by atoms with Crippen LogP contribution in [-0.2, 0) is 14.2 Å². The Bertz CT molecular complexity index is 196. The third-order valence-corrected chi connectivity index (χ3v) is 3.22. The quantitative estimate of drug-likeness (QED) is 0.637. The van der Waals surface area contributed by atoms with E-state index in [4.69, 9.17) is 0 Å². The number of hydrogen-bond acceptors (Lipinski definition) is 3. The van der Waals surface area contributed by atoms with Crippen LogP contribution in [0.4, 0.5) is 0 Å². The molecule has 0 aromatic heterocycles. The largest absolute Gasteiger partial charge is 0.491 e. The molecule has 0 rings (SSSR count). The van der Waals surface area contributed by atoms with Gasteiger partial charge in [0.2, 0.25) is 0 Å². The molecule has 0 saturated heterocycles. The third-order valence-electron chi connectivity index (χ3n) is 1.39. The Balaban J connectivity index is 4.41. The van der Waals surface area contributed by atoms with Crippen LogP contribution in [-0.4, -0.2) is 11.0 Å². The Hall–Kier alpha value is -0.560. The third kappa shape index (κ3) is 2.82. The molecule has 0 spiro atoms. The van der Waals surface area contributed by atoms with E-state index in [1.165, 1.54) is 0 Å². The molecule has 12 heavy (non-hydrogen) atoms. The van der Waals surface area contributed by atoms with Crippen molar-refractivity contribution in [2.24, 2.45) is 11.8 Å². The van der Waals surface area contributed by atoms with Gasteiger partial charge < -0.3 is 0 Å². The van der Waals surface area contributed by atoms with Gasteiger partial charge in [-0.3, -0.25) is 0 Å². The molecule has 0 radical (unpaired) electrons. The highest BCUT2D eigenvalue weighted by Gasteiger charge is 2.40. The van der Waals surface area contributed by atoms with Gasteiger partial charge in [-0.1, -0.05) is 32.3 Å². The van der Waals surface area contributed by atoms with Crippen LogP contribution in [0.3, 0.4) is 0 Å². The van der Waals surface area contributed by atoms with Gasteiger partial charge in [0, 0.05) is 0 Å². The summed E-state index contributed by atoms with van der Waals surface area (Å²) in [5.41, 5.74) is -0.882. The van der Waals surface area contributed by atoms with Crippen LogP contribution in [0.5, 0.6) is 0 Å². The minimum Gasteiger partial charge on any atom is -0.239 e. The van der Waals surface area contributed by atoms with Gasteiger partial charge in [0.15, 0.2) is 0 Å². The van der Waals surface area contributed by atoms with Crippen LogP contribution in [0, 0.1) is 11.8 Å². The summed E-state index contributed by atoms with van der Waals surface area (Å²) >= 11 is 0. The van der Waals surface area contributed by atoms with E-state index in [9.17, 15) is 14.2 Å². The zero-order valence-corrected chi connectivity index (χ0v) is 8.72. The lowest BCUT2D eigenvalue weighted by Crippen LogP contribution is -2.10. The minimum absolute atomic E-state index is 0.323. The molecular weight excluding hydrogens is 175 g/mol. The maximum absolute atomic E-state index is 11.2. The van der Waals surface area contributed by atoms with Gasteiger partial charge >= 0.3 is 18.8 Å². The van der Waals surface area contributed by atoms with Crippen molar-refractivity contribution >= 4 is 18.8 Å². The van der Waals surface area contributed by atoms with Gasteiger partial charge in [-0.2, -0.15) is 0 Å². The summed E-state index contributed by atoms with van der Waals surface area (Å²) in [5.74, 6) is -0.646. The van der Waals surface area contributed by atoms with Gasteiger partial charge in [-0.25, -0.2) is 9.59 Å². The van der Waals surface area contributed by atoms with E-state index in [1.807, 2.05) is 0 Å². The molecular formula is C8H14O3P+. The van der Waals surface area contributed by atoms with Gasteiger partial charge in [0.25, 0.3) is 0 Å². The van der Waals surface area contributed by atoms with Gasteiger partial charge in [-0.15, -0.1) is 0 Å². The van der Waals surface area contributed by atoms with E-state index in [0.717, 1.165) is 0 Å². The second-order valence-corrected chi connectivity index (χ2v) is 4.75. The highest BCUT2D eigenvalue weighted by atomic mass is 31.1. The maximum Gasteiger partial charge on any atom is 0.491 e. The fourth-order valence-corrected chi connectivity index (χ4v) is 1.73. The first-order valence-electron chi connectivity index (χ1n) is 3.92. The van der Waals surface area contributed by atoms with Crippen molar-refractivity contribution in [1.29, 1.82) is 0 Å². The van der Waals surface area contributed by atoms with Crippen molar-refractivity contribution in [3.63, 3.8) is 0 Å². The summed E-state index contributed by atoms with van der Waals surface area (Å²) in [6, 6.07) is 0. The molecule has 68 valence electrons. The molecule has 4 heteroatoms. The van der Waals surface area contributed by atoms with Crippen molar-refractivity contribution < 1.29 is 14.2 Å². The molecule has 0 bridgehead atoms. The normalized spacial score (nSPS) is 10.5. The highest BCUT2D eigenvalue weighted by molar-refractivity contribution is 7.79. The van der Waals surface area contributed by atoms with Gasteiger partial charge in [0.05, 0.1) is 11.8 Å². The average molecular weight is 189 g/mol. The average Bonchev–Trinajstić information content (AvgIpc) is 2.00. The molecule has 0 heterocycles. The minimum atomic E-state index is -2.31. The molecule has 0 saturated carbocycles. The van der Waals surface area contributed by atoms with Crippen molar-refractivity contribution in [3.05, 3.63) is 0 Å². The van der Waals surface area contributed by atoms with E-state index in [-0.39, 0.29) is 11.8 Å². The van der Waals surface area contributed by atoms with E-state index < -0.39 is 18.8 Å². The second-order valence-electron chi connectivity index (χ2n) is 3.28. The Morgan fingerprint density at radius 1 is 0.917 bits per heavy atom. The molecule has 0 aromatic carbocycles. The Labute approximate surface area is 73.3 Å². The van der Waals surface area contributed by atoms with Crippen LogP contribution in [0.2, 0.25) is 0 Å². The summed E-state index contributed by atoms with van der Waals surface area (Å²) in [5, 5.41) is 0. The van der Waals surface area contributed by atoms with Crippen molar-refractivity contribution in [2.45, 2.75) is 27.7 Å². The summed E-state index contributed by atoms with van der Waals surface area (Å²) in [6.07, 6.45) is 0. The lowest BCUT2D eigenvalue weighted by Gasteiger charge is -1.93. The summed E-state index contributed by atoms with van der Waals surface area (Å²) in [6.45, 7) is 6.57. The van der Waals surface area contributed by atoms with Crippen LogP contribution >= 0.6 is 7.80 Å². The Kier molecular flexibility index (Phi) is 4.25. The number of hydrogen-bond donors (Lipinski definition) is 0. The van der Waals surface area contributed by atoms with E-state index >= 15 is 0 Å². The van der Waals surface area contributed by atoms with Crippen LogP contribution in [0.1, 0.15) is 27.7 Å². The first-order valence-corrected chi connectivity index (χ1v) is 5.18. The smallest absolute Gasteiger partial charge is 0.239 e. The Morgan fingerprint density at radius 2 is 1.17 bits per heavy atom. The molecule has 0 aliphatic rings. The topological polar surface area (TPSA) is 51.2 Å². The summed E-state index contributed by atoms with van der Waals surface area (Å²) in [7, 11) is -2.31. The highest BCUT2D eigenvalue weighted by Crippen LogP contribution is 2.30. The zero-order chi connectivity index (χ0) is 9.89. The lowest BCUT2D eigenvalue weighted by atomic mass is 10.2. The van der Waals surface area contributed by atoms with Crippen molar-refractivity contribution in [1.82, 2.24) is 0 Å². The van der Waals surface area contributed by atoms with Crippen LogP contribution < -0.4 is 0 Å². The molecule has 0 atom stereocenters. The first-order chi connectivity index (χ1) is 5.37. The number of rotatable bonds is 4. The predicted molar refractivity (Wildman–Crippen MR) is 47.3 cm³/mol. The lowest BCUT2D eigenvalue weighted by molar-refractivity contribution is -0.117. The standard InChI is InChI=1S/C8H14O3P/c1-5(2)7(9)12(11)8(10)6(3)4/h5-6H,1-4H3/q+1. The van der Waals surface area contributed by atoms with Crippen molar-refractivity contribution in [3.8, 4) is 0 Å². The molecule has 0 unspecified atom stereocenters. The maximum atomic E-state index is 11.2.